The molecule has 0 unspecified atom stereocenters. The van der Waals surface area contributed by atoms with Crippen molar-refractivity contribution in [1.29, 1.82) is 0 Å². The summed E-state index contributed by atoms with van der Waals surface area (Å²) in [6, 6.07) is -5.62. The number of amides is 15. The fraction of sp³-hybridized carbons (Fsp3) is 0.588. The first-order valence-corrected chi connectivity index (χ1v) is 40.6. The standard InChI is InChI=1S/C80H123N19O23/c1-10-43(6)66(80(122)89-46(9)69(111)95-59(38-48-39-85-51-23-15-14-22-49(48)51)76(118)96-57(36-41(2)3)77(119)98-65(42(4)5)79(121)94-52(24-16-18-34-81)71(113)86-40-64(107)108)99-78(120)58(37-47-20-12-11-13-21-47)97-75(117)56(29-33-63(105)106)93-73(115)53(25-17-19-35-82)90-68(110)45(8)87-67(109)44(7)88-72(114)54(27-30-60(84)100)92-74(116)55(28-32-62(103)104)91-70(112)50(83)26-31-61(101)102/h11-15,20-23,39,41-46,50,52-59,65-66,85H,10,16-19,24-38,40,81-83H2,1-9H3,(H2,84,100)(H,86,113)(H,87,109)(H,88,114)(H,89,122)(H,90,110)(H,91,112)(H,92,116)(H,93,115)(H,94,121)(H,95,111)(H,96,118)(H,97,117)(H,98,119)(H,99,120)(H,101,102)(H,103,104)(H,105,106)(H,107,108)/t43-,44-,45-,46-,50-,52-,53-,54-,55-,56-,57-,58-,59-,65-,66-/m0/s1. The average molecular weight is 1720 g/mol. The van der Waals surface area contributed by atoms with E-state index in [1.807, 2.05) is 0 Å². The summed E-state index contributed by atoms with van der Waals surface area (Å²) in [7, 11) is 0. The van der Waals surface area contributed by atoms with E-state index in [4.69, 9.17) is 28.0 Å². The van der Waals surface area contributed by atoms with E-state index < -0.39 is 260 Å². The smallest absolute Gasteiger partial charge is 0.322 e. The third-order valence-electron chi connectivity index (χ3n) is 19.7. The van der Waals surface area contributed by atoms with Crippen molar-refractivity contribution in [2.45, 2.75) is 262 Å². The van der Waals surface area contributed by atoms with Gasteiger partial charge in [0.15, 0.2) is 0 Å². The van der Waals surface area contributed by atoms with Gasteiger partial charge in [-0.05, 0) is 139 Å². The van der Waals surface area contributed by atoms with Crippen molar-refractivity contribution in [1.82, 2.24) is 79.4 Å². The second-order valence-electron chi connectivity index (χ2n) is 30.8. The first-order valence-electron chi connectivity index (χ1n) is 40.6. The number of nitrogens with two attached hydrogens (primary N) is 4. The van der Waals surface area contributed by atoms with E-state index in [1.165, 1.54) is 20.8 Å². The number of aliphatic carboxylic acids is 4. The number of unbranched alkanes of at least 4 members (excludes halogenated alkanes) is 2. The largest absolute Gasteiger partial charge is 0.481 e. The Morgan fingerprint density at radius 1 is 0.377 bits per heavy atom. The second kappa shape index (κ2) is 53.4. The molecule has 0 fully saturated rings. The van der Waals surface area contributed by atoms with E-state index in [-0.39, 0.29) is 70.4 Å². The van der Waals surface area contributed by atoms with E-state index in [1.54, 1.807) is 102 Å². The molecule has 42 nitrogen and oxygen atoms in total. The number of carbonyl (C=O) groups excluding carboxylic acids is 15. The van der Waals surface area contributed by atoms with Crippen molar-refractivity contribution in [3.8, 4) is 0 Å². The van der Waals surface area contributed by atoms with Crippen LogP contribution in [-0.2, 0) is 104 Å². The molecule has 1 heterocycles. The Morgan fingerprint density at radius 2 is 0.754 bits per heavy atom. The van der Waals surface area contributed by atoms with Gasteiger partial charge in [0.1, 0.15) is 85.1 Å². The molecule has 0 bridgehead atoms. The molecule has 3 aromatic rings. The molecule has 27 N–H and O–H groups in total. The minimum atomic E-state index is -1.75. The van der Waals surface area contributed by atoms with Crippen LogP contribution in [0.4, 0.5) is 0 Å². The number of para-hydroxylation sites is 1. The highest BCUT2D eigenvalue weighted by atomic mass is 16.4. The Hall–Kier alpha value is -12.2. The summed E-state index contributed by atoms with van der Waals surface area (Å²) in [6.45, 7) is 13.5. The monoisotopic (exact) mass is 1720 g/mol. The normalized spacial score (nSPS) is 14.9. The molecular weight excluding hydrogens is 1590 g/mol. The highest BCUT2D eigenvalue weighted by Crippen LogP contribution is 2.21. The zero-order valence-electron chi connectivity index (χ0n) is 70.3. The number of nitrogens with one attached hydrogen (secondary N) is 15. The molecule has 0 saturated carbocycles. The lowest BCUT2D eigenvalue weighted by Gasteiger charge is -2.30. The third kappa shape index (κ3) is 37.6. The lowest BCUT2D eigenvalue weighted by atomic mass is 9.96. The average Bonchev–Trinajstić information content (AvgIpc) is 1.65. The first-order chi connectivity index (χ1) is 57.5. The fourth-order valence-electron chi connectivity index (χ4n) is 12.5. The molecule has 0 radical (unpaired) electrons. The van der Waals surface area contributed by atoms with Crippen LogP contribution < -0.4 is 97.4 Å². The second-order valence-corrected chi connectivity index (χ2v) is 30.8. The zero-order valence-corrected chi connectivity index (χ0v) is 70.3. The first kappa shape index (κ1) is 104. The van der Waals surface area contributed by atoms with Crippen LogP contribution in [0.5, 0.6) is 0 Å². The summed E-state index contributed by atoms with van der Waals surface area (Å²) < 4.78 is 0. The Morgan fingerprint density at radius 3 is 1.25 bits per heavy atom. The maximum absolute atomic E-state index is 14.9. The van der Waals surface area contributed by atoms with Gasteiger partial charge >= 0.3 is 23.9 Å². The summed E-state index contributed by atoms with van der Waals surface area (Å²) >= 11 is 0. The molecule has 122 heavy (non-hydrogen) atoms. The summed E-state index contributed by atoms with van der Waals surface area (Å²) in [5, 5.41) is 73.4. The van der Waals surface area contributed by atoms with E-state index in [2.05, 4.69) is 79.4 Å². The molecule has 15 amide bonds. The van der Waals surface area contributed by atoms with Crippen LogP contribution in [0.25, 0.3) is 10.9 Å². The predicted molar refractivity (Wildman–Crippen MR) is 441 cm³/mol. The molecule has 0 saturated heterocycles. The van der Waals surface area contributed by atoms with Crippen LogP contribution in [0.1, 0.15) is 176 Å². The molecule has 676 valence electrons. The van der Waals surface area contributed by atoms with Gasteiger partial charge in [-0.3, -0.25) is 91.1 Å². The molecule has 0 aliphatic rings. The third-order valence-corrected chi connectivity index (χ3v) is 19.7. The summed E-state index contributed by atoms with van der Waals surface area (Å²) in [5.74, 6) is -21.3. The Balaban J connectivity index is 1.93. The highest BCUT2D eigenvalue weighted by molar-refractivity contribution is 6.01. The molecule has 0 aliphatic heterocycles. The number of aromatic amines is 1. The van der Waals surface area contributed by atoms with Crippen molar-refractivity contribution >= 4 is 123 Å². The maximum Gasteiger partial charge on any atom is 0.322 e. The van der Waals surface area contributed by atoms with Crippen molar-refractivity contribution in [2.75, 3.05) is 19.6 Å². The molecule has 1 aromatic heterocycles. The van der Waals surface area contributed by atoms with Crippen molar-refractivity contribution in [2.24, 2.45) is 40.7 Å². The molecule has 3 rings (SSSR count). The molecule has 2 aromatic carbocycles. The number of fused-ring (bicyclic) bond motifs is 1. The van der Waals surface area contributed by atoms with Crippen molar-refractivity contribution < 1.29 is 112 Å². The van der Waals surface area contributed by atoms with Crippen molar-refractivity contribution in [3.63, 3.8) is 0 Å². The minimum absolute atomic E-state index is 0.0158. The number of carboxylic acid groups (broad SMARTS) is 4. The number of hydrogen-bond acceptors (Lipinski definition) is 22. The van der Waals surface area contributed by atoms with Crippen LogP contribution >= 0.6 is 0 Å². The van der Waals surface area contributed by atoms with E-state index in [9.17, 15) is 106 Å². The molecule has 0 aliphatic carbocycles. The van der Waals surface area contributed by atoms with Crippen LogP contribution in [0.15, 0.2) is 60.8 Å². The quantitative estimate of drug-likeness (QED) is 0.0246. The van der Waals surface area contributed by atoms with Gasteiger partial charge in [0.2, 0.25) is 88.6 Å². The van der Waals surface area contributed by atoms with Gasteiger partial charge < -0.3 is 123 Å². The topological polar surface area (TPSA) is 694 Å². The minimum Gasteiger partial charge on any atom is -0.481 e. The summed E-state index contributed by atoms with van der Waals surface area (Å²) in [5.41, 5.74) is 24.3. The Labute approximate surface area is 706 Å². The number of carboxylic acids is 4. The number of rotatable bonds is 58. The zero-order chi connectivity index (χ0) is 91.6. The summed E-state index contributed by atoms with van der Waals surface area (Å²) in [4.78, 5) is 258. The van der Waals surface area contributed by atoms with E-state index in [0.29, 0.717) is 41.3 Å². The Kier molecular flexibility index (Phi) is 45.5. The van der Waals surface area contributed by atoms with Crippen LogP contribution in [0, 0.1) is 17.8 Å². The van der Waals surface area contributed by atoms with Gasteiger partial charge in [-0.2, -0.15) is 0 Å². The van der Waals surface area contributed by atoms with Crippen molar-refractivity contribution in [3.05, 3.63) is 71.9 Å². The molecule has 42 heteroatoms. The van der Waals surface area contributed by atoms with Gasteiger partial charge in [0.25, 0.3) is 0 Å². The number of aromatic nitrogens is 1. The van der Waals surface area contributed by atoms with Gasteiger partial charge in [0, 0.05) is 55.6 Å². The number of hydrogen-bond donors (Lipinski definition) is 23. The van der Waals surface area contributed by atoms with Gasteiger partial charge in [-0.15, -0.1) is 0 Å². The molecular formula is C80H123N19O23. The maximum atomic E-state index is 14.9. The van der Waals surface area contributed by atoms with Gasteiger partial charge in [0.05, 0.1) is 6.04 Å². The van der Waals surface area contributed by atoms with Gasteiger partial charge in [-0.25, -0.2) is 0 Å². The van der Waals surface area contributed by atoms with Crippen LogP contribution in [-0.4, -0.2) is 242 Å². The SMILES string of the molecule is CC[C@H](C)[C@H](NC(=O)[C@H](Cc1ccccc1)NC(=O)[C@H](CCC(=O)O)NC(=O)[C@H](CCCCN)NC(=O)[C@H](C)NC(=O)[C@H](C)NC(=O)[C@H](CCC(N)=O)NC(=O)[C@H](CCC(=O)O)NC(=O)[C@@H](N)CCC(=O)O)C(=O)N[C@@H](C)C(=O)N[C@@H](Cc1c[nH]c2ccccc12)C(=O)N[C@@H](CC(C)C)C(=O)N[C@H](C(=O)N[C@@H](CCCCN)C(=O)NCC(=O)O)C(C)C. The number of benzene rings is 2. The van der Waals surface area contributed by atoms with E-state index in [0.717, 1.165) is 0 Å². The molecule has 15 atom stereocenters. The fourth-order valence-corrected chi connectivity index (χ4v) is 12.5. The van der Waals surface area contributed by atoms with Gasteiger partial charge in [-0.1, -0.05) is 96.5 Å². The van der Waals surface area contributed by atoms with Crippen LogP contribution in [0.3, 0.4) is 0 Å². The lowest BCUT2D eigenvalue weighted by molar-refractivity contribution is -0.139. The Bertz CT molecular complexity index is 4090. The number of primary amides is 1. The lowest BCUT2D eigenvalue weighted by Crippen LogP contribution is -2.61. The highest BCUT2D eigenvalue weighted by Gasteiger charge is 2.39. The number of carbonyl (C=O) groups is 19. The summed E-state index contributed by atoms with van der Waals surface area (Å²) in [6.07, 6.45) is -1.73. The number of H-pyrrole nitrogens is 1. The van der Waals surface area contributed by atoms with E-state index >= 15 is 0 Å². The molecule has 0 spiro atoms. The van der Waals surface area contributed by atoms with Crippen LogP contribution in [0.2, 0.25) is 0 Å². The predicted octanol–water partition coefficient (Wildman–Crippen LogP) is -3.29.